The van der Waals surface area contributed by atoms with Gasteiger partial charge in [-0.15, -0.1) is 0 Å². The molecule has 1 rings (SSSR count). The van der Waals surface area contributed by atoms with E-state index in [0.29, 0.717) is 30.3 Å². The summed E-state index contributed by atoms with van der Waals surface area (Å²) in [5.74, 6) is 1.21. The Hall–Kier alpha value is -1.73. The van der Waals surface area contributed by atoms with Crippen molar-refractivity contribution in [2.75, 3.05) is 26.9 Å². The maximum Gasteiger partial charge on any atom is 0.140 e. The van der Waals surface area contributed by atoms with Gasteiger partial charge < -0.3 is 14.2 Å². The number of nitriles is 1. The molecule has 92 valence electrons. The minimum absolute atomic E-state index is 0.432. The highest BCUT2D eigenvalue weighted by Gasteiger charge is 2.05. The molecule has 0 aliphatic rings. The molecule has 4 nitrogen and oxygen atoms in total. The molecule has 17 heavy (non-hydrogen) atoms. The number of hydrogen-bond donors (Lipinski definition) is 0. The number of benzene rings is 1. The molecular formula is C13H17NO3. The molecular weight excluding hydrogens is 218 g/mol. The zero-order valence-electron chi connectivity index (χ0n) is 10.2. The minimum Gasteiger partial charge on any atom is -0.497 e. The van der Waals surface area contributed by atoms with Crippen molar-refractivity contribution in [1.29, 1.82) is 5.26 Å². The van der Waals surface area contributed by atoms with E-state index in [-0.39, 0.29) is 0 Å². The van der Waals surface area contributed by atoms with Crippen LogP contribution in [0.5, 0.6) is 11.5 Å². The molecule has 0 radical (unpaired) electrons. The maximum atomic E-state index is 8.92. The normalized spacial score (nSPS) is 9.71. The van der Waals surface area contributed by atoms with Gasteiger partial charge in [0.15, 0.2) is 0 Å². The Morgan fingerprint density at radius 2 is 2.06 bits per heavy atom. The number of nitrogens with zero attached hydrogens (tertiary/aromatic N) is 1. The van der Waals surface area contributed by atoms with E-state index in [4.69, 9.17) is 19.5 Å². The van der Waals surface area contributed by atoms with Crippen LogP contribution in [0.3, 0.4) is 0 Å². The van der Waals surface area contributed by atoms with E-state index < -0.39 is 0 Å². The Morgan fingerprint density at radius 3 is 2.71 bits per heavy atom. The summed E-state index contributed by atoms with van der Waals surface area (Å²) in [4.78, 5) is 0. The molecule has 0 aliphatic carbocycles. The summed E-state index contributed by atoms with van der Waals surface area (Å²) in [5.41, 5.74) is 0.501. The number of rotatable bonds is 7. The van der Waals surface area contributed by atoms with Gasteiger partial charge >= 0.3 is 0 Å². The highest BCUT2D eigenvalue weighted by atomic mass is 16.5. The van der Waals surface area contributed by atoms with Crippen LogP contribution in [0.2, 0.25) is 0 Å². The molecule has 1 aromatic rings. The average molecular weight is 235 g/mol. The van der Waals surface area contributed by atoms with E-state index in [1.165, 1.54) is 0 Å². The molecule has 0 atom stereocenters. The van der Waals surface area contributed by atoms with Gasteiger partial charge in [0.2, 0.25) is 0 Å². The first-order chi connectivity index (χ1) is 8.31. The minimum atomic E-state index is 0.432. The fourth-order valence-electron chi connectivity index (χ4n) is 1.30. The molecule has 4 heteroatoms. The summed E-state index contributed by atoms with van der Waals surface area (Å²) in [7, 11) is 1.58. The first-order valence-corrected chi connectivity index (χ1v) is 5.60. The second-order valence-electron chi connectivity index (χ2n) is 3.43. The summed E-state index contributed by atoms with van der Waals surface area (Å²) >= 11 is 0. The van der Waals surface area contributed by atoms with Gasteiger partial charge in [0.05, 0.1) is 19.3 Å². The Kier molecular flexibility index (Phi) is 5.91. The van der Waals surface area contributed by atoms with Crippen molar-refractivity contribution in [3.8, 4) is 17.6 Å². The monoisotopic (exact) mass is 235 g/mol. The summed E-state index contributed by atoms with van der Waals surface area (Å²) in [6, 6.07) is 7.20. The molecule has 1 aromatic carbocycles. The van der Waals surface area contributed by atoms with Crippen LogP contribution in [0.25, 0.3) is 0 Å². The molecule has 0 amide bonds. The number of hydrogen-bond acceptors (Lipinski definition) is 4. The highest BCUT2D eigenvalue weighted by molar-refractivity contribution is 5.47. The first-order valence-electron chi connectivity index (χ1n) is 5.60. The van der Waals surface area contributed by atoms with Crippen LogP contribution in [-0.2, 0) is 4.74 Å². The van der Waals surface area contributed by atoms with Crippen molar-refractivity contribution < 1.29 is 14.2 Å². The Bertz CT molecular complexity index is 385. The molecule has 0 N–H and O–H groups in total. The van der Waals surface area contributed by atoms with Crippen molar-refractivity contribution >= 4 is 0 Å². The van der Waals surface area contributed by atoms with Crippen LogP contribution >= 0.6 is 0 Å². The Morgan fingerprint density at radius 1 is 1.24 bits per heavy atom. The molecule has 0 bridgehead atoms. The van der Waals surface area contributed by atoms with Crippen LogP contribution in [-0.4, -0.2) is 26.9 Å². The lowest BCUT2D eigenvalue weighted by molar-refractivity contribution is 0.100. The predicted molar refractivity (Wildman–Crippen MR) is 64.3 cm³/mol. The van der Waals surface area contributed by atoms with E-state index >= 15 is 0 Å². The number of methoxy groups -OCH3 is 1. The Labute approximate surface area is 102 Å². The van der Waals surface area contributed by atoms with Crippen LogP contribution in [0, 0.1) is 11.3 Å². The van der Waals surface area contributed by atoms with Gasteiger partial charge in [0, 0.05) is 12.7 Å². The summed E-state index contributed by atoms with van der Waals surface area (Å²) in [5, 5.41) is 8.92. The maximum absolute atomic E-state index is 8.92. The van der Waals surface area contributed by atoms with E-state index in [0.717, 1.165) is 13.0 Å². The van der Waals surface area contributed by atoms with Crippen LogP contribution in [0.4, 0.5) is 0 Å². The molecule has 0 aliphatic heterocycles. The fraction of sp³-hybridized carbons (Fsp3) is 0.462. The number of ether oxygens (including phenoxy) is 3. The zero-order valence-corrected chi connectivity index (χ0v) is 10.2. The van der Waals surface area contributed by atoms with Gasteiger partial charge in [-0.25, -0.2) is 0 Å². The van der Waals surface area contributed by atoms with Gasteiger partial charge in [0.25, 0.3) is 0 Å². The lowest BCUT2D eigenvalue weighted by atomic mass is 10.2. The third kappa shape index (κ3) is 4.33. The average Bonchev–Trinajstić information content (AvgIpc) is 2.38. The molecule has 0 aromatic heterocycles. The lowest BCUT2D eigenvalue weighted by Gasteiger charge is -2.09. The summed E-state index contributed by atoms with van der Waals surface area (Å²) < 4.78 is 15.9. The van der Waals surface area contributed by atoms with Crippen molar-refractivity contribution in [3.63, 3.8) is 0 Å². The molecule has 0 heterocycles. The first kappa shape index (κ1) is 13.3. The fourth-order valence-corrected chi connectivity index (χ4v) is 1.30. The van der Waals surface area contributed by atoms with Crippen LogP contribution in [0.15, 0.2) is 18.2 Å². The SMILES string of the molecule is CCCOCCOc1cc(OC)ccc1C#N. The van der Waals surface area contributed by atoms with Crippen molar-refractivity contribution in [2.24, 2.45) is 0 Å². The van der Waals surface area contributed by atoms with Gasteiger partial charge in [-0.2, -0.15) is 5.26 Å². The second-order valence-corrected chi connectivity index (χ2v) is 3.43. The molecule has 0 spiro atoms. The van der Waals surface area contributed by atoms with E-state index in [1.54, 1.807) is 25.3 Å². The smallest absolute Gasteiger partial charge is 0.140 e. The van der Waals surface area contributed by atoms with Crippen molar-refractivity contribution in [3.05, 3.63) is 23.8 Å². The van der Waals surface area contributed by atoms with Gasteiger partial charge in [-0.1, -0.05) is 6.92 Å². The Balaban J connectivity index is 2.53. The zero-order chi connectivity index (χ0) is 12.5. The summed E-state index contributed by atoms with van der Waals surface area (Å²) in [6.45, 7) is 3.74. The van der Waals surface area contributed by atoms with Crippen molar-refractivity contribution in [2.45, 2.75) is 13.3 Å². The third-order valence-electron chi connectivity index (χ3n) is 2.14. The quantitative estimate of drug-likeness (QED) is 0.681. The standard InChI is InChI=1S/C13H17NO3/c1-3-6-16-7-8-17-13-9-12(15-2)5-4-11(13)10-14/h4-5,9H,3,6-8H2,1-2H3. The van der Waals surface area contributed by atoms with Crippen LogP contribution in [0.1, 0.15) is 18.9 Å². The summed E-state index contributed by atoms with van der Waals surface area (Å²) in [6.07, 6.45) is 0.989. The lowest BCUT2D eigenvalue weighted by Crippen LogP contribution is -2.08. The van der Waals surface area contributed by atoms with Crippen LogP contribution < -0.4 is 9.47 Å². The molecule has 0 fully saturated rings. The second kappa shape index (κ2) is 7.53. The molecule has 0 saturated heterocycles. The molecule has 0 unspecified atom stereocenters. The predicted octanol–water partition coefficient (Wildman–Crippen LogP) is 2.37. The highest BCUT2D eigenvalue weighted by Crippen LogP contribution is 2.23. The topological polar surface area (TPSA) is 51.5 Å². The molecule has 0 saturated carbocycles. The van der Waals surface area contributed by atoms with Crippen molar-refractivity contribution in [1.82, 2.24) is 0 Å². The third-order valence-corrected chi connectivity index (χ3v) is 2.14. The van der Waals surface area contributed by atoms with E-state index in [1.807, 2.05) is 0 Å². The largest absolute Gasteiger partial charge is 0.497 e. The van der Waals surface area contributed by atoms with Gasteiger partial charge in [0.1, 0.15) is 24.2 Å². The van der Waals surface area contributed by atoms with E-state index in [9.17, 15) is 0 Å². The van der Waals surface area contributed by atoms with Gasteiger partial charge in [-0.05, 0) is 18.6 Å². The van der Waals surface area contributed by atoms with Gasteiger partial charge in [-0.3, -0.25) is 0 Å². The van der Waals surface area contributed by atoms with E-state index in [2.05, 4.69) is 13.0 Å².